The standard InChI is InChI=1S/C32H26N4O8S/c1-17-10-12-19(13-11-17)45(40,41)35-23-9-7-6-8-20(23)26-18(2)27(32(37)44-5)34-29(30(26)35)22-15-14-21-25(42-3)16-24(36(38)39)31(43-4)28(21)33-22/h6-16H,1-5H3. The number of aromatic nitrogens is 3. The lowest BCUT2D eigenvalue weighted by molar-refractivity contribution is -0.385. The molecule has 0 saturated carbocycles. The predicted molar refractivity (Wildman–Crippen MR) is 168 cm³/mol. The molecule has 0 unspecified atom stereocenters. The Bertz CT molecular complexity index is 2310. The average molecular weight is 627 g/mol. The molecule has 45 heavy (non-hydrogen) atoms. The lowest BCUT2D eigenvalue weighted by Crippen LogP contribution is -2.15. The van der Waals surface area contributed by atoms with Crippen molar-refractivity contribution >= 4 is 54.4 Å². The second-order valence-electron chi connectivity index (χ2n) is 10.2. The van der Waals surface area contributed by atoms with Gasteiger partial charge >= 0.3 is 11.7 Å². The minimum Gasteiger partial charge on any atom is -0.496 e. The van der Waals surface area contributed by atoms with Crippen LogP contribution >= 0.6 is 0 Å². The fraction of sp³-hybridized carbons (Fsp3) is 0.156. The molecule has 0 amide bonds. The number of benzene rings is 3. The first-order valence-corrected chi connectivity index (χ1v) is 15.0. The zero-order valence-electron chi connectivity index (χ0n) is 24.8. The third kappa shape index (κ3) is 4.51. The van der Waals surface area contributed by atoms with E-state index in [4.69, 9.17) is 19.2 Å². The number of esters is 1. The lowest BCUT2D eigenvalue weighted by Gasteiger charge is -2.15. The highest BCUT2D eigenvalue weighted by atomic mass is 32.2. The van der Waals surface area contributed by atoms with Gasteiger partial charge in [0.2, 0.25) is 5.75 Å². The monoisotopic (exact) mass is 626 g/mol. The number of hydrogen-bond acceptors (Lipinski definition) is 10. The number of pyridine rings is 2. The van der Waals surface area contributed by atoms with Crippen molar-refractivity contribution in [3.8, 4) is 22.9 Å². The summed E-state index contributed by atoms with van der Waals surface area (Å²) in [6.07, 6.45) is 0. The van der Waals surface area contributed by atoms with E-state index in [1.54, 1.807) is 55.5 Å². The van der Waals surface area contributed by atoms with Gasteiger partial charge in [0, 0.05) is 16.2 Å². The van der Waals surface area contributed by atoms with Gasteiger partial charge < -0.3 is 14.2 Å². The average Bonchev–Trinajstić information content (AvgIpc) is 3.40. The third-order valence-electron chi connectivity index (χ3n) is 7.69. The zero-order chi connectivity index (χ0) is 32.2. The summed E-state index contributed by atoms with van der Waals surface area (Å²) in [6.45, 7) is 3.53. The number of hydrogen-bond donors (Lipinski definition) is 0. The van der Waals surface area contributed by atoms with Crippen LogP contribution in [0.15, 0.2) is 71.6 Å². The van der Waals surface area contributed by atoms with Gasteiger partial charge in [-0.2, -0.15) is 0 Å². The first-order valence-electron chi connectivity index (χ1n) is 13.6. The fourth-order valence-corrected chi connectivity index (χ4v) is 7.10. The molecular weight excluding hydrogens is 600 g/mol. The van der Waals surface area contributed by atoms with Crippen molar-refractivity contribution in [1.29, 1.82) is 0 Å². The van der Waals surface area contributed by atoms with Gasteiger partial charge in [-0.05, 0) is 49.7 Å². The molecule has 228 valence electrons. The molecule has 0 spiro atoms. The number of nitro benzene ring substituents is 1. The lowest BCUT2D eigenvalue weighted by atomic mass is 10.0. The van der Waals surface area contributed by atoms with Crippen LogP contribution < -0.4 is 9.47 Å². The Morgan fingerprint density at radius 1 is 0.911 bits per heavy atom. The number of nitrogens with zero attached hydrogens (tertiary/aromatic N) is 4. The van der Waals surface area contributed by atoms with Crippen LogP contribution in [0, 0.1) is 24.0 Å². The Labute approximate surface area is 257 Å². The summed E-state index contributed by atoms with van der Waals surface area (Å²) in [6, 6.07) is 17.8. The maximum atomic E-state index is 14.4. The molecule has 0 aliphatic rings. The summed E-state index contributed by atoms with van der Waals surface area (Å²) < 4.78 is 46.0. The van der Waals surface area contributed by atoms with Crippen molar-refractivity contribution in [2.24, 2.45) is 0 Å². The summed E-state index contributed by atoms with van der Waals surface area (Å²) in [5, 5.41) is 13.4. The normalized spacial score (nSPS) is 11.7. The fourth-order valence-electron chi connectivity index (χ4n) is 5.57. The number of methoxy groups -OCH3 is 3. The molecule has 0 aliphatic heterocycles. The molecule has 13 heteroatoms. The Hall–Kier alpha value is -5.56. The van der Waals surface area contributed by atoms with E-state index in [0.29, 0.717) is 27.2 Å². The second kappa shape index (κ2) is 10.9. The molecule has 6 rings (SSSR count). The van der Waals surface area contributed by atoms with Gasteiger partial charge in [0.1, 0.15) is 17.0 Å². The van der Waals surface area contributed by atoms with Crippen LogP contribution in [0.2, 0.25) is 0 Å². The molecule has 3 heterocycles. The number of aryl methyl sites for hydroxylation is 2. The van der Waals surface area contributed by atoms with E-state index in [1.165, 1.54) is 43.5 Å². The van der Waals surface area contributed by atoms with Crippen molar-refractivity contribution in [2.45, 2.75) is 18.7 Å². The molecule has 3 aromatic heterocycles. The van der Waals surface area contributed by atoms with Crippen LogP contribution in [0.3, 0.4) is 0 Å². The number of carbonyl (C=O) groups excluding carboxylic acids is 1. The first-order chi connectivity index (χ1) is 21.5. The van der Waals surface area contributed by atoms with Crippen molar-refractivity contribution < 1.29 is 32.3 Å². The number of carbonyl (C=O) groups is 1. The summed E-state index contributed by atoms with van der Waals surface area (Å²) in [5.41, 5.74) is 1.66. The van der Waals surface area contributed by atoms with Gasteiger partial charge in [0.15, 0.2) is 5.69 Å². The molecule has 0 fully saturated rings. The van der Waals surface area contributed by atoms with Crippen LogP contribution in [0.1, 0.15) is 21.6 Å². The molecule has 0 aliphatic carbocycles. The van der Waals surface area contributed by atoms with Crippen LogP contribution in [-0.4, -0.2) is 54.6 Å². The Morgan fingerprint density at radius 2 is 1.62 bits per heavy atom. The molecular formula is C32H26N4O8S. The highest BCUT2D eigenvalue weighted by Crippen LogP contribution is 2.43. The smallest absolute Gasteiger partial charge is 0.356 e. The van der Waals surface area contributed by atoms with Crippen LogP contribution in [0.25, 0.3) is 44.1 Å². The van der Waals surface area contributed by atoms with Crippen molar-refractivity contribution in [2.75, 3.05) is 21.3 Å². The van der Waals surface area contributed by atoms with Crippen molar-refractivity contribution in [1.82, 2.24) is 13.9 Å². The highest BCUT2D eigenvalue weighted by molar-refractivity contribution is 7.90. The van der Waals surface area contributed by atoms with Crippen molar-refractivity contribution in [3.63, 3.8) is 0 Å². The van der Waals surface area contributed by atoms with E-state index in [-0.39, 0.29) is 50.2 Å². The van der Waals surface area contributed by atoms with Gasteiger partial charge in [-0.25, -0.2) is 27.2 Å². The number of nitro groups is 1. The van der Waals surface area contributed by atoms with E-state index < -0.39 is 20.9 Å². The Kier molecular flexibility index (Phi) is 7.12. The maximum absolute atomic E-state index is 14.4. The van der Waals surface area contributed by atoms with Gasteiger partial charge in [-0.1, -0.05) is 35.9 Å². The van der Waals surface area contributed by atoms with Crippen LogP contribution in [0.4, 0.5) is 5.69 Å². The summed E-state index contributed by atoms with van der Waals surface area (Å²) >= 11 is 0. The van der Waals surface area contributed by atoms with E-state index >= 15 is 0 Å². The second-order valence-corrected chi connectivity index (χ2v) is 12.0. The molecule has 0 saturated heterocycles. The quantitative estimate of drug-likeness (QED) is 0.118. The Balaban J connectivity index is 1.82. The molecule has 0 radical (unpaired) electrons. The van der Waals surface area contributed by atoms with Crippen LogP contribution in [0.5, 0.6) is 11.5 Å². The summed E-state index contributed by atoms with van der Waals surface area (Å²) in [7, 11) is -0.352. The minimum atomic E-state index is -4.24. The van der Waals surface area contributed by atoms with E-state index in [1.807, 2.05) is 6.92 Å². The SMILES string of the molecule is COC(=O)c1nc(-c2ccc3c(OC)cc([N+](=O)[O-])c(OC)c3n2)c2c(c1C)c1ccccc1n2S(=O)(=O)c1ccc(C)cc1. The van der Waals surface area contributed by atoms with Gasteiger partial charge in [-0.3, -0.25) is 10.1 Å². The summed E-state index contributed by atoms with van der Waals surface area (Å²) in [5.74, 6) is -0.670. The van der Waals surface area contributed by atoms with E-state index in [0.717, 1.165) is 5.56 Å². The first kappa shape index (κ1) is 29.5. The predicted octanol–water partition coefficient (Wildman–Crippen LogP) is 5.97. The largest absolute Gasteiger partial charge is 0.496 e. The molecule has 0 atom stereocenters. The third-order valence-corrected chi connectivity index (χ3v) is 9.42. The maximum Gasteiger partial charge on any atom is 0.356 e. The highest BCUT2D eigenvalue weighted by Gasteiger charge is 2.31. The Morgan fingerprint density at radius 3 is 2.27 bits per heavy atom. The molecule has 0 bridgehead atoms. The molecule has 12 nitrogen and oxygen atoms in total. The van der Waals surface area contributed by atoms with E-state index in [2.05, 4.69) is 4.98 Å². The molecule has 0 N–H and O–H groups in total. The van der Waals surface area contributed by atoms with Gasteiger partial charge in [0.05, 0.1) is 53.9 Å². The summed E-state index contributed by atoms with van der Waals surface area (Å²) in [4.78, 5) is 33.8. The van der Waals surface area contributed by atoms with Crippen molar-refractivity contribution in [3.05, 3.63) is 93.7 Å². The van der Waals surface area contributed by atoms with Gasteiger partial charge in [-0.15, -0.1) is 0 Å². The number of fused-ring (bicyclic) bond motifs is 4. The number of ether oxygens (including phenoxy) is 3. The number of rotatable bonds is 7. The van der Waals surface area contributed by atoms with Crippen LogP contribution in [-0.2, 0) is 14.8 Å². The van der Waals surface area contributed by atoms with Gasteiger partial charge in [0.25, 0.3) is 10.0 Å². The zero-order valence-corrected chi connectivity index (χ0v) is 25.6. The van der Waals surface area contributed by atoms with E-state index in [9.17, 15) is 23.3 Å². The topological polar surface area (TPSA) is 153 Å². The number of para-hydroxylation sites is 1. The molecule has 6 aromatic rings. The molecule has 3 aromatic carbocycles. The minimum absolute atomic E-state index is 0.0392.